The number of carboxylic acids is 1. The van der Waals surface area contributed by atoms with Crippen molar-refractivity contribution in [1.82, 2.24) is 0 Å². The van der Waals surface area contributed by atoms with Crippen LogP contribution in [-0.2, 0) is 23.9 Å². The molecule has 0 heterocycles. The minimum Gasteiger partial charge on any atom is -0.478 e. The molecule has 0 saturated carbocycles. The molecule has 1 rings (SSSR count). The van der Waals surface area contributed by atoms with Gasteiger partial charge in [0, 0.05) is 11.1 Å². The summed E-state index contributed by atoms with van der Waals surface area (Å²) in [6.07, 6.45) is 5.11. The molecule has 6 heteroatoms. The van der Waals surface area contributed by atoms with Crippen LogP contribution in [0.4, 0.5) is 0 Å². The Balaban J connectivity index is 0.000000528. The van der Waals surface area contributed by atoms with Crippen LogP contribution in [0.5, 0.6) is 0 Å². The summed E-state index contributed by atoms with van der Waals surface area (Å²) in [6, 6.07) is 9.72. The average Bonchev–Trinajstić information content (AvgIpc) is 2.70. The van der Waals surface area contributed by atoms with Crippen LogP contribution in [-0.4, -0.2) is 36.7 Å². The van der Waals surface area contributed by atoms with Gasteiger partial charge in [0.2, 0.25) is 0 Å². The van der Waals surface area contributed by atoms with Gasteiger partial charge in [0.1, 0.15) is 0 Å². The number of carbonyl (C=O) groups excluding carboxylic acids is 2. The van der Waals surface area contributed by atoms with E-state index < -0.39 is 11.9 Å². The topological polar surface area (TPSA) is 89.9 Å². The number of benzene rings is 1. The van der Waals surface area contributed by atoms with Crippen molar-refractivity contribution >= 4 is 24.0 Å². The minimum atomic E-state index is -1.00. The molecule has 0 fully saturated rings. The average molecular weight is 386 g/mol. The lowest BCUT2D eigenvalue weighted by Gasteiger charge is -1.99. The molecule has 150 valence electrons. The summed E-state index contributed by atoms with van der Waals surface area (Å²) in [7, 11) is 1.25. The molecule has 28 heavy (non-hydrogen) atoms. The highest BCUT2D eigenvalue weighted by Crippen LogP contribution is 2.05. The van der Waals surface area contributed by atoms with E-state index in [0.717, 1.165) is 5.56 Å². The molecule has 0 aromatic heterocycles. The molecule has 1 N–H and O–H groups in total. The van der Waals surface area contributed by atoms with Gasteiger partial charge in [-0.3, -0.25) is 0 Å². The third-order valence-corrected chi connectivity index (χ3v) is 3.28. The van der Waals surface area contributed by atoms with E-state index in [4.69, 9.17) is 9.84 Å². The number of methoxy groups -OCH3 is 1. The molecule has 0 unspecified atom stereocenters. The van der Waals surface area contributed by atoms with Crippen molar-refractivity contribution in [2.45, 2.75) is 20.3 Å². The Morgan fingerprint density at radius 2 is 1.71 bits per heavy atom. The highest BCUT2D eigenvalue weighted by Gasteiger charge is 2.06. The first kappa shape index (κ1) is 24.6. The van der Waals surface area contributed by atoms with Crippen molar-refractivity contribution in [3.8, 4) is 0 Å². The molecule has 0 aliphatic rings. The van der Waals surface area contributed by atoms with Gasteiger partial charge in [0.05, 0.1) is 19.3 Å². The molecule has 0 radical (unpaired) electrons. The van der Waals surface area contributed by atoms with Crippen molar-refractivity contribution in [2.75, 3.05) is 13.7 Å². The Kier molecular flexibility index (Phi) is 12.1. The summed E-state index contributed by atoms with van der Waals surface area (Å²) >= 11 is 0. The van der Waals surface area contributed by atoms with Crippen LogP contribution < -0.4 is 0 Å². The lowest BCUT2D eigenvalue weighted by molar-refractivity contribution is -0.138. The second kappa shape index (κ2) is 13.7. The number of hydrogen-bond donors (Lipinski definition) is 1. The Hall–Kier alpha value is -3.41. The molecule has 1 aromatic carbocycles. The molecule has 0 aliphatic heterocycles. The maximum absolute atomic E-state index is 11.2. The summed E-state index contributed by atoms with van der Waals surface area (Å²) in [6.45, 7) is 10.7. The maximum Gasteiger partial charge on any atom is 0.337 e. The number of carbonyl (C=O) groups is 3. The monoisotopic (exact) mass is 386 g/mol. The molecule has 0 spiro atoms. The Bertz CT molecular complexity index is 756. The van der Waals surface area contributed by atoms with E-state index in [2.05, 4.69) is 17.9 Å². The molecular formula is C22H26O6. The first-order valence-electron chi connectivity index (χ1n) is 8.48. The summed E-state index contributed by atoms with van der Waals surface area (Å²) in [5.41, 5.74) is 1.82. The van der Waals surface area contributed by atoms with Crippen molar-refractivity contribution in [3.05, 3.63) is 77.9 Å². The van der Waals surface area contributed by atoms with E-state index in [9.17, 15) is 14.4 Å². The number of ether oxygens (including phenoxy) is 2. The highest BCUT2D eigenvalue weighted by atomic mass is 16.5. The minimum absolute atomic E-state index is 0.185. The summed E-state index contributed by atoms with van der Waals surface area (Å²) < 4.78 is 9.19. The van der Waals surface area contributed by atoms with Gasteiger partial charge in [0.15, 0.2) is 0 Å². The van der Waals surface area contributed by atoms with Crippen LogP contribution in [0.1, 0.15) is 25.8 Å². The van der Waals surface area contributed by atoms with Crippen LogP contribution in [0.3, 0.4) is 0 Å². The van der Waals surface area contributed by atoms with E-state index in [1.54, 1.807) is 13.0 Å². The summed E-state index contributed by atoms with van der Waals surface area (Å²) in [4.78, 5) is 32.3. The van der Waals surface area contributed by atoms with Gasteiger partial charge in [-0.25, -0.2) is 14.4 Å². The second-order valence-electron chi connectivity index (χ2n) is 5.48. The van der Waals surface area contributed by atoms with Crippen LogP contribution >= 0.6 is 0 Å². The van der Waals surface area contributed by atoms with Gasteiger partial charge in [-0.2, -0.15) is 0 Å². The molecule has 0 aliphatic carbocycles. The predicted octanol–water partition coefficient (Wildman–Crippen LogP) is 3.96. The molecular weight excluding hydrogens is 360 g/mol. The van der Waals surface area contributed by atoms with E-state index in [0.29, 0.717) is 12.2 Å². The molecule has 0 bridgehead atoms. The highest BCUT2D eigenvalue weighted by molar-refractivity contribution is 5.92. The predicted molar refractivity (Wildman–Crippen MR) is 108 cm³/mol. The van der Waals surface area contributed by atoms with E-state index in [1.807, 2.05) is 36.4 Å². The van der Waals surface area contributed by atoms with Crippen LogP contribution in [0.15, 0.2) is 72.4 Å². The van der Waals surface area contributed by atoms with Gasteiger partial charge in [-0.05, 0) is 31.9 Å². The van der Waals surface area contributed by atoms with Gasteiger partial charge >= 0.3 is 17.9 Å². The van der Waals surface area contributed by atoms with Crippen molar-refractivity contribution in [1.29, 1.82) is 0 Å². The second-order valence-corrected chi connectivity index (χ2v) is 5.48. The molecule has 0 atom stereocenters. The summed E-state index contributed by atoms with van der Waals surface area (Å²) in [5, 5.41) is 8.48. The fraction of sp³-hybridized carbons (Fsp3) is 0.227. The number of rotatable bonds is 8. The fourth-order valence-electron chi connectivity index (χ4n) is 1.64. The maximum atomic E-state index is 11.2. The molecule has 6 nitrogen and oxygen atoms in total. The standard InChI is InChI=1S/C13H14O2.C9H12O4/c1-3-15-13(14)11(2)9-10-12-7-5-4-6-8-12;1-6(8(10)11)4-5-7(2)9(12)13-3/h4-10H,2-3H2,1H3;4H,2,5H2,1,3H3,(H,10,11). The largest absolute Gasteiger partial charge is 0.478 e. The van der Waals surface area contributed by atoms with Crippen LogP contribution in [0.25, 0.3) is 6.08 Å². The number of aliphatic carboxylic acids is 1. The summed E-state index contributed by atoms with van der Waals surface area (Å²) in [5.74, 6) is -1.89. The van der Waals surface area contributed by atoms with Crippen molar-refractivity contribution in [2.24, 2.45) is 0 Å². The normalized spacial score (nSPS) is 10.5. The quantitative estimate of drug-likeness (QED) is 0.413. The molecule has 1 aromatic rings. The third-order valence-electron chi connectivity index (χ3n) is 3.28. The number of carboxylic acid groups (broad SMARTS) is 1. The SMILES string of the molecule is C=C(C=Cc1ccccc1)C(=O)OCC.C=C(CC=C(C)C(=O)O)C(=O)OC. The van der Waals surface area contributed by atoms with E-state index >= 15 is 0 Å². The van der Waals surface area contributed by atoms with Gasteiger partial charge in [0.25, 0.3) is 0 Å². The molecule has 0 amide bonds. The lowest BCUT2D eigenvalue weighted by Crippen LogP contribution is -2.04. The first-order valence-corrected chi connectivity index (χ1v) is 8.48. The Morgan fingerprint density at radius 3 is 2.21 bits per heavy atom. The zero-order valence-electron chi connectivity index (χ0n) is 16.4. The fourth-order valence-corrected chi connectivity index (χ4v) is 1.64. The molecule has 0 saturated heterocycles. The Labute approximate surface area is 165 Å². The lowest BCUT2D eigenvalue weighted by atomic mass is 10.1. The number of allylic oxidation sites excluding steroid dienone is 1. The van der Waals surface area contributed by atoms with Gasteiger partial charge in [-0.1, -0.05) is 55.6 Å². The van der Waals surface area contributed by atoms with Crippen molar-refractivity contribution in [3.63, 3.8) is 0 Å². The third kappa shape index (κ3) is 10.6. The first-order chi connectivity index (χ1) is 13.2. The zero-order chi connectivity index (χ0) is 21.5. The van der Waals surface area contributed by atoms with E-state index in [-0.39, 0.29) is 23.5 Å². The van der Waals surface area contributed by atoms with Crippen LogP contribution in [0.2, 0.25) is 0 Å². The van der Waals surface area contributed by atoms with Crippen molar-refractivity contribution < 1.29 is 29.0 Å². The number of hydrogen-bond acceptors (Lipinski definition) is 5. The smallest absolute Gasteiger partial charge is 0.337 e. The van der Waals surface area contributed by atoms with E-state index in [1.165, 1.54) is 20.1 Å². The zero-order valence-corrected chi connectivity index (χ0v) is 16.4. The van der Waals surface area contributed by atoms with Gasteiger partial charge < -0.3 is 14.6 Å². The number of esters is 2. The van der Waals surface area contributed by atoms with Crippen LogP contribution in [0, 0.1) is 0 Å². The van der Waals surface area contributed by atoms with Gasteiger partial charge in [-0.15, -0.1) is 0 Å². The Morgan fingerprint density at radius 1 is 1.11 bits per heavy atom.